The average molecular weight is 360 g/mol. The van der Waals surface area contributed by atoms with E-state index in [1.54, 1.807) is 25.3 Å². The molecule has 0 aliphatic carbocycles. The van der Waals surface area contributed by atoms with Gasteiger partial charge in [0.25, 0.3) is 5.91 Å². The van der Waals surface area contributed by atoms with Crippen molar-refractivity contribution in [1.29, 1.82) is 0 Å². The summed E-state index contributed by atoms with van der Waals surface area (Å²) in [6, 6.07) is 7.80. The van der Waals surface area contributed by atoms with Crippen LogP contribution < -0.4 is 15.0 Å². The van der Waals surface area contributed by atoms with Crippen LogP contribution >= 0.6 is 0 Å². The summed E-state index contributed by atoms with van der Waals surface area (Å²) in [5.41, 5.74) is 0. The first-order valence-corrected chi connectivity index (χ1v) is 8.47. The van der Waals surface area contributed by atoms with Gasteiger partial charge < -0.3 is 19.7 Å². The fourth-order valence-corrected chi connectivity index (χ4v) is 2.54. The van der Waals surface area contributed by atoms with Crippen LogP contribution in [0.5, 0.6) is 5.75 Å². The topological polar surface area (TPSA) is 76.6 Å². The fourth-order valence-electron chi connectivity index (χ4n) is 2.54. The Morgan fingerprint density at radius 3 is 2.88 bits per heavy atom. The monoisotopic (exact) mass is 360 g/mol. The number of rotatable bonds is 6. The Morgan fingerprint density at radius 1 is 1.35 bits per heavy atom. The van der Waals surface area contributed by atoms with Gasteiger partial charge in [-0.1, -0.05) is 12.1 Å². The molecule has 0 bridgehead atoms. The summed E-state index contributed by atoms with van der Waals surface area (Å²) in [6.07, 6.45) is 0.827. The number of nitrogens with one attached hydrogen (secondary N) is 1. The minimum atomic E-state index is -0.839. The summed E-state index contributed by atoms with van der Waals surface area (Å²) in [7, 11) is 0. The van der Waals surface area contributed by atoms with Crippen molar-refractivity contribution in [3.63, 3.8) is 0 Å². The van der Waals surface area contributed by atoms with E-state index < -0.39 is 11.9 Å². The van der Waals surface area contributed by atoms with E-state index in [0.29, 0.717) is 19.0 Å². The molecule has 3 rings (SSSR count). The molecule has 1 unspecified atom stereocenters. The van der Waals surface area contributed by atoms with E-state index in [0.717, 1.165) is 18.9 Å². The summed E-state index contributed by atoms with van der Waals surface area (Å²) in [4.78, 5) is 22.9. The molecule has 7 nitrogen and oxygen atoms in total. The SMILES string of the molecule is CC(Oc1ccccc1F)C(=O)NCc1nccc(N2CCOCC2)n1. The van der Waals surface area contributed by atoms with Crippen LogP contribution in [-0.4, -0.2) is 48.3 Å². The first kappa shape index (κ1) is 18.1. The maximum Gasteiger partial charge on any atom is 0.261 e. The number of morpholine rings is 1. The number of nitrogens with zero attached hydrogens (tertiary/aromatic N) is 3. The lowest BCUT2D eigenvalue weighted by molar-refractivity contribution is -0.127. The van der Waals surface area contributed by atoms with Crippen LogP contribution in [0.1, 0.15) is 12.7 Å². The smallest absolute Gasteiger partial charge is 0.261 e. The third kappa shape index (κ3) is 4.66. The fraction of sp³-hybridized carbons (Fsp3) is 0.389. The Kier molecular flexibility index (Phi) is 5.96. The molecule has 1 aliphatic heterocycles. The second kappa shape index (κ2) is 8.57. The zero-order valence-electron chi connectivity index (χ0n) is 14.5. The number of amides is 1. The minimum absolute atomic E-state index is 0.0423. The van der Waals surface area contributed by atoms with Gasteiger partial charge in [-0.3, -0.25) is 4.79 Å². The molecule has 0 spiro atoms. The summed E-state index contributed by atoms with van der Waals surface area (Å²) < 4.78 is 24.3. The molecule has 1 atom stereocenters. The number of carbonyl (C=O) groups is 1. The van der Waals surface area contributed by atoms with E-state index in [2.05, 4.69) is 20.2 Å². The van der Waals surface area contributed by atoms with Gasteiger partial charge in [-0.05, 0) is 25.1 Å². The predicted octanol–water partition coefficient (Wildman–Crippen LogP) is 1.54. The van der Waals surface area contributed by atoms with Gasteiger partial charge in [0.15, 0.2) is 17.7 Å². The van der Waals surface area contributed by atoms with Crippen LogP contribution in [0.15, 0.2) is 36.5 Å². The largest absolute Gasteiger partial charge is 0.478 e. The molecule has 0 radical (unpaired) electrons. The highest BCUT2D eigenvalue weighted by Crippen LogP contribution is 2.17. The van der Waals surface area contributed by atoms with Crippen LogP contribution in [0, 0.1) is 5.82 Å². The van der Waals surface area contributed by atoms with E-state index in [9.17, 15) is 9.18 Å². The quantitative estimate of drug-likeness (QED) is 0.842. The first-order valence-electron chi connectivity index (χ1n) is 8.47. The van der Waals surface area contributed by atoms with Crippen molar-refractivity contribution >= 4 is 11.7 Å². The van der Waals surface area contributed by atoms with Crippen molar-refractivity contribution in [2.24, 2.45) is 0 Å². The molecule has 26 heavy (non-hydrogen) atoms. The number of anilines is 1. The van der Waals surface area contributed by atoms with Gasteiger partial charge in [0.2, 0.25) is 0 Å². The molecule has 1 saturated heterocycles. The number of hydrogen-bond donors (Lipinski definition) is 1. The molecule has 138 valence electrons. The standard InChI is InChI=1S/C18H21FN4O3/c1-13(26-15-5-3-2-4-14(15)19)18(24)21-12-16-20-7-6-17(22-16)23-8-10-25-11-9-23/h2-7,13H,8-12H2,1H3,(H,21,24). The summed E-state index contributed by atoms with van der Waals surface area (Å²) in [6.45, 7) is 4.61. The van der Waals surface area contributed by atoms with Gasteiger partial charge in [0, 0.05) is 19.3 Å². The molecule has 1 fully saturated rings. The van der Waals surface area contributed by atoms with Crippen LogP contribution in [-0.2, 0) is 16.1 Å². The molecule has 1 aromatic carbocycles. The third-order valence-corrected chi connectivity index (χ3v) is 3.96. The zero-order chi connectivity index (χ0) is 18.4. The average Bonchev–Trinajstić information content (AvgIpc) is 2.68. The van der Waals surface area contributed by atoms with Crippen molar-refractivity contribution < 1.29 is 18.7 Å². The summed E-state index contributed by atoms with van der Waals surface area (Å²) in [5.74, 6) is 0.478. The molecule has 1 aromatic heterocycles. The lowest BCUT2D eigenvalue weighted by atomic mass is 10.3. The van der Waals surface area contributed by atoms with E-state index in [-0.39, 0.29) is 18.2 Å². The van der Waals surface area contributed by atoms with E-state index in [4.69, 9.17) is 9.47 Å². The third-order valence-electron chi connectivity index (χ3n) is 3.96. The molecule has 1 N–H and O–H groups in total. The number of benzene rings is 1. The molecule has 2 aromatic rings. The van der Waals surface area contributed by atoms with E-state index >= 15 is 0 Å². The Balaban J connectivity index is 1.54. The Morgan fingerprint density at radius 2 is 2.12 bits per heavy atom. The molecular formula is C18H21FN4O3. The second-order valence-corrected chi connectivity index (χ2v) is 5.84. The lowest BCUT2D eigenvalue weighted by Crippen LogP contribution is -2.38. The summed E-state index contributed by atoms with van der Waals surface area (Å²) >= 11 is 0. The Labute approximate surface area is 151 Å². The van der Waals surface area contributed by atoms with Gasteiger partial charge >= 0.3 is 0 Å². The van der Waals surface area contributed by atoms with Crippen LogP contribution in [0.25, 0.3) is 0 Å². The zero-order valence-corrected chi connectivity index (χ0v) is 14.5. The van der Waals surface area contributed by atoms with Gasteiger partial charge in [-0.2, -0.15) is 0 Å². The van der Waals surface area contributed by atoms with Gasteiger partial charge in [-0.15, -0.1) is 0 Å². The molecule has 2 heterocycles. The normalized spacial score (nSPS) is 15.4. The summed E-state index contributed by atoms with van der Waals surface area (Å²) in [5, 5.41) is 2.71. The maximum atomic E-state index is 13.6. The highest BCUT2D eigenvalue weighted by molar-refractivity contribution is 5.80. The van der Waals surface area contributed by atoms with Crippen molar-refractivity contribution in [2.75, 3.05) is 31.2 Å². The number of ether oxygens (including phenoxy) is 2. The molecule has 1 aliphatic rings. The lowest BCUT2D eigenvalue weighted by Gasteiger charge is -2.27. The number of aromatic nitrogens is 2. The number of para-hydroxylation sites is 1. The van der Waals surface area contributed by atoms with Crippen molar-refractivity contribution in [3.8, 4) is 5.75 Å². The number of halogens is 1. The molecule has 8 heteroatoms. The van der Waals surface area contributed by atoms with Crippen molar-refractivity contribution in [1.82, 2.24) is 15.3 Å². The van der Waals surface area contributed by atoms with Crippen LogP contribution in [0.2, 0.25) is 0 Å². The number of carbonyl (C=O) groups excluding carboxylic acids is 1. The molecular weight excluding hydrogens is 339 g/mol. The Bertz CT molecular complexity index is 753. The van der Waals surface area contributed by atoms with Gasteiger partial charge in [-0.25, -0.2) is 14.4 Å². The number of hydrogen-bond acceptors (Lipinski definition) is 6. The minimum Gasteiger partial charge on any atom is -0.478 e. The molecule has 0 saturated carbocycles. The Hall–Kier alpha value is -2.74. The van der Waals surface area contributed by atoms with Crippen molar-refractivity contribution in [2.45, 2.75) is 19.6 Å². The van der Waals surface area contributed by atoms with Crippen molar-refractivity contribution in [3.05, 3.63) is 48.2 Å². The van der Waals surface area contributed by atoms with Gasteiger partial charge in [0.1, 0.15) is 11.6 Å². The van der Waals surface area contributed by atoms with Gasteiger partial charge in [0.05, 0.1) is 19.8 Å². The molecule has 1 amide bonds. The first-order chi connectivity index (χ1) is 12.6. The van der Waals surface area contributed by atoms with E-state index in [1.165, 1.54) is 12.1 Å². The maximum absolute atomic E-state index is 13.6. The van der Waals surface area contributed by atoms with E-state index in [1.807, 2.05) is 6.07 Å². The highest BCUT2D eigenvalue weighted by Gasteiger charge is 2.17. The van der Waals surface area contributed by atoms with Crippen LogP contribution in [0.3, 0.4) is 0 Å². The van der Waals surface area contributed by atoms with Crippen LogP contribution in [0.4, 0.5) is 10.2 Å². The predicted molar refractivity (Wildman–Crippen MR) is 93.4 cm³/mol. The highest BCUT2D eigenvalue weighted by atomic mass is 19.1. The second-order valence-electron chi connectivity index (χ2n) is 5.84.